The second-order valence-corrected chi connectivity index (χ2v) is 8.47. The van der Waals surface area contributed by atoms with E-state index in [2.05, 4.69) is 33.3 Å². The number of amides is 1. The molecule has 2 aromatic carbocycles. The Bertz CT molecular complexity index is 943. The minimum Gasteiger partial charge on any atom is -0.497 e. The van der Waals surface area contributed by atoms with Gasteiger partial charge in [0.05, 0.1) is 31.9 Å². The number of rotatable bonds is 5. The maximum atomic E-state index is 13.2. The molecule has 0 bridgehead atoms. The van der Waals surface area contributed by atoms with Crippen LogP contribution in [0.1, 0.15) is 18.4 Å². The molecule has 6 heteroatoms. The van der Waals surface area contributed by atoms with Crippen molar-refractivity contribution in [3.05, 3.63) is 48.0 Å². The highest BCUT2D eigenvalue weighted by molar-refractivity contribution is 5.83. The van der Waals surface area contributed by atoms with E-state index < -0.39 is 0 Å². The first-order chi connectivity index (χ1) is 14.7. The summed E-state index contributed by atoms with van der Waals surface area (Å²) in [5, 5.41) is 3.25. The van der Waals surface area contributed by atoms with Crippen molar-refractivity contribution in [1.29, 1.82) is 0 Å². The smallest absolute Gasteiger partial charge is 0.225 e. The summed E-state index contributed by atoms with van der Waals surface area (Å²) in [5.74, 6) is 1.86. The average Bonchev–Trinajstić information content (AvgIpc) is 3.61. The molecule has 0 radical (unpaired) electrons. The van der Waals surface area contributed by atoms with Crippen LogP contribution >= 0.6 is 0 Å². The molecule has 2 heterocycles. The number of para-hydroxylation sites is 2. The number of carbonyl (C=O) groups excluding carboxylic acids is 1. The van der Waals surface area contributed by atoms with Gasteiger partial charge in [-0.2, -0.15) is 0 Å². The molecule has 0 spiro atoms. The summed E-state index contributed by atoms with van der Waals surface area (Å²) in [7, 11) is 3.41. The molecule has 1 aliphatic carbocycles. The molecule has 1 saturated heterocycles. The number of fused-ring (bicyclic) bond motifs is 3. The van der Waals surface area contributed by atoms with Gasteiger partial charge in [-0.05, 0) is 43.0 Å². The van der Waals surface area contributed by atoms with Gasteiger partial charge in [0.25, 0.3) is 0 Å². The van der Waals surface area contributed by atoms with E-state index in [1.807, 2.05) is 24.3 Å². The predicted molar refractivity (Wildman–Crippen MR) is 118 cm³/mol. The van der Waals surface area contributed by atoms with E-state index >= 15 is 0 Å². The van der Waals surface area contributed by atoms with Crippen LogP contribution < -0.4 is 24.6 Å². The number of benzene rings is 2. The SMILES string of the molecule is COc1ccc2c(c1)N1CCN(c3ccccc3OC)C[C@@H]1[C@H](C(=O)NC1CC1)C2. The molecule has 2 fully saturated rings. The van der Waals surface area contributed by atoms with Gasteiger partial charge in [0.1, 0.15) is 11.5 Å². The van der Waals surface area contributed by atoms with Crippen LogP contribution in [0.25, 0.3) is 0 Å². The summed E-state index contributed by atoms with van der Waals surface area (Å²) in [4.78, 5) is 18.0. The molecular formula is C24H29N3O3. The molecule has 2 aliphatic heterocycles. The Hall–Kier alpha value is -2.89. The zero-order chi connectivity index (χ0) is 20.7. The van der Waals surface area contributed by atoms with Crippen molar-refractivity contribution in [3.8, 4) is 11.5 Å². The van der Waals surface area contributed by atoms with E-state index in [0.717, 1.165) is 56.1 Å². The highest BCUT2D eigenvalue weighted by atomic mass is 16.5. The predicted octanol–water partition coefficient (Wildman–Crippen LogP) is 2.85. The lowest BCUT2D eigenvalue weighted by molar-refractivity contribution is -0.126. The molecule has 2 aromatic rings. The lowest BCUT2D eigenvalue weighted by Crippen LogP contribution is -2.61. The number of hydrogen-bond acceptors (Lipinski definition) is 5. The topological polar surface area (TPSA) is 54.0 Å². The Kier molecular flexibility index (Phi) is 4.93. The number of hydrogen-bond donors (Lipinski definition) is 1. The molecule has 1 amide bonds. The second kappa shape index (κ2) is 7.74. The van der Waals surface area contributed by atoms with Crippen molar-refractivity contribution in [1.82, 2.24) is 5.32 Å². The normalized spacial score (nSPS) is 22.7. The summed E-state index contributed by atoms with van der Waals surface area (Å²) in [6, 6.07) is 14.9. The Balaban J connectivity index is 1.48. The van der Waals surface area contributed by atoms with Crippen molar-refractivity contribution in [2.45, 2.75) is 31.3 Å². The molecule has 30 heavy (non-hydrogen) atoms. The molecule has 3 aliphatic rings. The first kappa shape index (κ1) is 19.1. The second-order valence-electron chi connectivity index (χ2n) is 8.47. The molecule has 1 N–H and O–H groups in total. The van der Waals surface area contributed by atoms with Gasteiger partial charge < -0.3 is 24.6 Å². The van der Waals surface area contributed by atoms with Crippen LogP contribution in [0.2, 0.25) is 0 Å². The number of piperazine rings is 1. The lowest BCUT2D eigenvalue weighted by Gasteiger charge is -2.49. The van der Waals surface area contributed by atoms with Gasteiger partial charge in [-0.15, -0.1) is 0 Å². The fourth-order valence-corrected chi connectivity index (χ4v) is 4.85. The van der Waals surface area contributed by atoms with Gasteiger partial charge in [0.2, 0.25) is 5.91 Å². The number of nitrogens with zero attached hydrogens (tertiary/aromatic N) is 2. The summed E-state index contributed by atoms with van der Waals surface area (Å²) >= 11 is 0. The van der Waals surface area contributed by atoms with E-state index in [9.17, 15) is 4.79 Å². The Morgan fingerprint density at radius 3 is 2.63 bits per heavy atom. The minimum atomic E-state index is -0.0657. The van der Waals surface area contributed by atoms with E-state index in [4.69, 9.17) is 9.47 Å². The van der Waals surface area contributed by atoms with Crippen LogP contribution in [0.4, 0.5) is 11.4 Å². The fourth-order valence-electron chi connectivity index (χ4n) is 4.85. The third-order valence-corrected chi connectivity index (χ3v) is 6.61. The van der Waals surface area contributed by atoms with Crippen molar-refractivity contribution in [3.63, 3.8) is 0 Å². The van der Waals surface area contributed by atoms with Crippen LogP contribution in [0.15, 0.2) is 42.5 Å². The quantitative estimate of drug-likeness (QED) is 0.826. The summed E-state index contributed by atoms with van der Waals surface area (Å²) in [6.07, 6.45) is 2.97. The molecule has 0 aromatic heterocycles. The number of methoxy groups -OCH3 is 2. The average molecular weight is 408 g/mol. The highest BCUT2D eigenvalue weighted by Crippen LogP contribution is 2.40. The van der Waals surface area contributed by atoms with Crippen LogP contribution in [-0.2, 0) is 11.2 Å². The van der Waals surface area contributed by atoms with E-state index in [-0.39, 0.29) is 17.9 Å². The van der Waals surface area contributed by atoms with Gasteiger partial charge in [-0.25, -0.2) is 0 Å². The molecule has 158 valence electrons. The molecule has 6 nitrogen and oxygen atoms in total. The Morgan fingerprint density at radius 1 is 1.03 bits per heavy atom. The van der Waals surface area contributed by atoms with E-state index in [1.165, 1.54) is 11.3 Å². The van der Waals surface area contributed by atoms with E-state index in [1.54, 1.807) is 14.2 Å². The standard InChI is InChI=1S/C24H29N3O3/c1-29-18-10-7-16-13-19(24(28)25-17-8-9-17)22-15-26(11-12-27(22)21(16)14-18)20-5-3-4-6-23(20)30-2/h3-7,10,14,17,19,22H,8-9,11-13,15H2,1-2H3,(H,25,28)/t19-,22-/m1/s1. The first-order valence-corrected chi connectivity index (χ1v) is 10.8. The summed E-state index contributed by atoms with van der Waals surface area (Å²) in [5.41, 5.74) is 3.53. The highest BCUT2D eigenvalue weighted by Gasteiger charge is 2.43. The summed E-state index contributed by atoms with van der Waals surface area (Å²) in [6.45, 7) is 2.53. The number of nitrogens with one attached hydrogen (secondary N) is 1. The zero-order valence-electron chi connectivity index (χ0n) is 17.6. The maximum Gasteiger partial charge on any atom is 0.225 e. The zero-order valence-corrected chi connectivity index (χ0v) is 17.6. The molecule has 0 unspecified atom stereocenters. The van der Waals surface area contributed by atoms with Crippen molar-refractivity contribution in [2.75, 3.05) is 43.7 Å². The van der Waals surface area contributed by atoms with Crippen LogP contribution in [0.5, 0.6) is 11.5 Å². The maximum absolute atomic E-state index is 13.2. The molecule has 1 saturated carbocycles. The first-order valence-electron chi connectivity index (χ1n) is 10.8. The third kappa shape index (κ3) is 3.44. The Morgan fingerprint density at radius 2 is 1.87 bits per heavy atom. The van der Waals surface area contributed by atoms with Crippen molar-refractivity contribution in [2.24, 2.45) is 5.92 Å². The van der Waals surface area contributed by atoms with Crippen molar-refractivity contribution >= 4 is 17.3 Å². The third-order valence-electron chi connectivity index (χ3n) is 6.61. The van der Waals surface area contributed by atoms with Gasteiger partial charge in [0, 0.05) is 37.4 Å². The fraction of sp³-hybridized carbons (Fsp3) is 0.458. The van der Waals surface area contributed by atoms with Crippen LogP contribution in [0, 0.1) is 5.92 Å². The Labute approximate surface area is 177 Å². The minimum absolute atomic E-state index is 0.0657. The van der Waals surface area contributed by atoms with Gasteiger partial charge in [0.15, 0.2) is 0 Å². The lowest BCUT2D eigenvalue weighted by atomic mass is 9.83. The van der Waals surface area contributed by atoms with Crippen LogP contribution in [0.3, 0.4) is 0 Å². The van der Waals surface area contributed by atoms with Gasteiger partial charge >= 0.3 is 0 Å². The largest absolute Gasteiger partial charge is 0.497 e. The monoisotopic (exact) mass is 407 g/mol. The number of ether oxygens (including phenoxy) is 2. The summed E-state index contributed by atoms with van der Waals surface area (Å²) < 4.78 is 11.1. The van der Waals surface area contributed by atoms with Crippen LogP contribution in [-0.4, -0.2) is 51.8 Å². The van der Waals surface area contributed by atoms with Gasteiger partial charge in [-0.1, -0.05) is 18.2 Å². The van der Waals surface area contributed by atoms with Gasteiger partial charge in [-0.3, -0.25) is 4.79 Å². The van der Waals surface area contributed by atoms with Crippen molar-refractivity contribution < 1.29 is 14.3 Å². The van der Waals surface area contributed by atoms with E-state index in [0.29, 0.717) is 6.04 Å². The molecule has 2 atom stereocenters. The molecule has 5 rings (SSSR count). The number of carbonyl (C=O) groups is 1. The number of anilines is 2. The molecular weight excluding hydrogens is 378 g/mol.